The molecular weight excluding hydrogens is 178 g/mol. The van der Waals surface area contributed by atoms with Gasteiger partial charge >= 0.3 is 0 Å². The van der Waals surface area contributed by atoms with Gasteiger partial charge in [0.15, 0.2) is 0 Å². The van der Waals surface area contributed by atoms with E-state index in [1.807, 2.05) is 30.3 Å². The van der Waals surface area contributed by atoms with Gasteiger partial charge < -0.3 is 10.2 Å². The summed E-state index contributed by atoms with van der Waals surface area (Å²) >= 11 is 0. The van der Waals surface area contributed by atoms with Crippen LogP contribution in [-0.4, -0.2) is 35.2 Å². The number of hydrogen-bond acceptors (Lipinski definition) is 3. The highest BCUT2D eigenvalue weighted by atomic mass is 16.3. The Hall–Kier alpha value is -1.19. The number of aliphatic imine (C=N–C) groups is 1. The molecule has 0 aromatic heterocycles. The molecule has 2 N–H and O–H groups in total. The summed E-state index contributed by atoms with van der Waals surface area (Å²) in [5, 5.41) is 18.0. The van der Waals surface area contributed by atoms with Gasteiger partial charge in [-0.15, -0.1) is 0 Å². The lowest BCUT2D eigenvalue weighted by molar-refractivity contribution is 0.136. The van der Waals surface area contributed by atoms with Crippen LogP contribution < -0.4 is 0 Å². The zero-order valence-electron chi connectivity index (χ0n) is 8.22. The lowest BCUT2D eigenvalue weighted by Gasteiger charge is -2.18. The predicted molar refractivity (Wildman–Crippen MR) is 56.6 cm³/mol. The second-order valence-electron chi connectivity index (χ2n) is 3.48. The van der Waals surface area contributed by atoms with E-state index in [1.165, 1.54) is 0 Å². The fourth-order valence-corrected chi connectivity index (χ4v) is 0.901. The molecule has 0 atom stereocenters. The van der Waals surface area contributed by atoms with E-state index >= 15 is 0 Å². The van der Waals surface area contributed by atoms with Crippen molar-refractivity contribution in [3.8, 4) is 0 Å². The third-order valence-electron chi connectivity index (χ3n) is 2.01. The van der Waals surface area contributed by atoms with Crippen LogP contribution in [-0.2, 0) is 0 Å². The summed E-state index contributed by atoms with van der Waals surface area (Å²) in [6, 6.07) is 9.58. The van der Waals surface area contributed by atoms with Gasteiger partial charge in [0.1, 0.15) is 5.54 Å². The molecule has 3 heteroatoms. The molecule has 1 aromatic carbocycles. The maximum Gasteiger partial charge on any atom is 0.104 e. The van der Waals surface area contributed by atoms with Crippen LogP contribution >= 0.6 is 0 Å². The Morgan fingerprint density at radius 3 is 2.29 bits per heavy atom. The summed E-state index contributed by atoms with van der Waals surface area (Å²) in [5.74, 6) is 0. The average Bonchev–Trinajstić information content (AvgIpc) is 2.27. The summed E-state index contributed by atoms with van der Waals surface area (Å²) in [7, 11) is 0. The minimum atomic E-state index is -0.782. The zero-order chi connectivity index (χ0) is 10.4. The molecule has 0 heterocycles. The van der Waals surface area contributed by atoms with Crippen LogP contribution in [0, 0.1) is 0 Å². The van der Waals surface area contributed by atoms with Crippen LogP contribution in [0.25, 0.3) is 0 Å². The molecule has 76 valence electrons. The van der Waals surface area contributed by atoms with Gasteiger partial charge in [0.2, 0.25) is 0 Å². The molecule has 0 aliphatic heterocycles. The molecule has 0 saturated carbocycles. The number of hydrogen-bond donors (Lipinski definition) is 2. The predicted octanol–water partition coefficient (Wildman–Crippen LogP) is 0.849. The summed E-state index contributed by atoms with van der Waals surface area (Å²) in [6.45, 7) is 1.38. The van der Waals surface area contributed by atoms with Crippen molar-refractivity contribution >= 4 is 6.21 Å². The molecule has 0 amide bonds. The van der Waals surface area contributed by atoms with Crippen molar-refractivity contribution in [2.75, 3.05) is 13.2 Å². The van der Waals surface area contributed by atoms with Crippen molar-refractivity contribution in [2.24, 2.45) is 4.99 Å². The lowest BCUT2D eigenvalue weighted by Crippen LogP contribution is -2.31. The van der Waals surface area contributed by atoms with Gasteiger partial charge in [-0.2, -0.15) is 0 Å². The maximum absolute atomic E-state index is 8.99. The lowest BCUT2D eigenvalue weighted by atomic mass is 10.1. The Kier molecular flexibility index (Phi) is 3.80. The van der Waals surface area contributed by atoms with E-state index in [-0.39, 0.29) is 13.2 Å². The van der Waals surface area contributed by atoms with Crippen LogP contribution in [0.2, 0.25) is 0 Å². The summed E-state index contributed by atoms with van der Waals surface area (Å²) in [5.41, 5.74) is 0.177. The smallest absolute Gasteiger partial charge is 0.104 e. The first-order valence-corrected chi connectivity index (χ1v) is 4.52. The summed E-state index contributed by atoms with van der Waals surface area (Å²) in [4.78, 5) is 4.14. The quantitative estimate of drug-likeness (QED) is 0.696. The molecule has 0 saturated heterocycles. The van der Waals surface area contributed by atoms with Crippen LogP contribution in [0.1, 0.15) is 12.5 Å². The molecule has 0 radical (unpaired) electrons. The van der Waals surface area contributed by atoms with E-state index in [9.17, 15) is 0 Å². The fourth-order valence-electron chi connectivity index (χ4n) is 0.901. The van der Waals surface area contributed by atoms with Crippen molar-refractivity contribution in [2.45, 2.75) is 12.5 Å². The molecule has 1 rings (SSSR count). The second kappa shape index (κ2) is 4.88. The number of aliphatic hydroxyl groups is 2. The van der Waals surface area contributed by atoms with E-state index in [0.717, 1.165) is 5.56 Å². The molecule has 1 aromatic rings. The van der Waals surface area contributed by atoms with E-state index in [4.69, 9.17) is 10.2 Å². The van der Waals surface area contributed by atoms with Gasteiger partial charge in [-0.1, -0.05) is 30.3 Å². The largest absolute Gasteiger partial charge is 0.394 e. The molecule has 14 heavy (non-hydrogen) atoms. The number of aliphatic hydroxyl groups excluding tert-OH is 2. The van der Waals surface area contributed by atoms with Gasteiger partial charge in [-0.3, -0.25) is 4.99 Å². The summed E-state index contributed by atoms with van der Waals surface area (Å²) in [6.07, 6.45) is 1.66. The maximum atomic E-state index is 8.99. The molecular formula is C11H15NO2. The highest BCUT2D eigenvalue weighted by molar-refractivity contribution is 5.79. The molecule has 0 aliphatic rings. The van der Waals surface area contributed by atoms with Gasteiger partial charge in [0, 0.05) is 6.21 Å². The molecule has 0 fully saturated rings. The SMILES string of the molecule is CC(CO)(CO)/N=C/c1ccccc1. The monoisotopic (exact) mass is 193 g/mol. The van der Waals surface area contributed by atoms with Crippen LogP contribution in [0.5, 0.6) is 0 Å². The summed E-state index contributed by atoms with van der Waals surface area (Å²) < 4.78 is 0. The van der Waals surface area contributed by atoms with Gasteiger partial charge in [0.05, 0.1) is 13.2 Å². The minimum absolute atomic E-state index is 0.160. The van der Waals surface area contributed by atoms with Gasteiger partial charge in [-0.05, 0) is 12.5 Å². The standard InChI is InChI=1S/C11H15NO2/c1-11(8-13,9-14)12-7-10-5-3-2-4-6-10/h2-7,13-14H,8-9H2,1H3/b12-7+. The van der Waals surface area contributed by atoms with Crippen molar-refractivity contribution in [3.05, 3.63) is 35.9 Å². The Labute approximate surface area is 83.7 Å². The molecule has 0 spiro atoms. The highest BCUT2D eigenvalue weighted by Crippen LogP contribution is 2.07. The van der Waals surface area contributed by atoms with E-state index in [1.54, 1.807) is 13.1 Å². The van der Waals surface area contributed by atoms with E-state index < -0.39 is 5.54 Å². The van der Waals surface area contributed by atoms with Crippen molar-refractivity contribution in [1.29, 1.82) is 0 Å². The van der Waals surface area contributed by atoms with Crippen LogP contribution in [0.3, 0.4) is 0 Å². The minimum Gasteiger partial charge on any atom is -0.394 e. The Balaban J connectivity index is 2.72. The Morgan fingerprint density at radius 1 is 1.21 bits per heavy atom. The van der Waals surface area contributed by atoms with Gasteiger partial charge in [-0.25, -0.2) is 0 Å². The van der Waals surface area contributed by atoms with Crippen LogP contribution in [0.4, 0.5) is 0 Å². The number of nitrogens with zero attached hydrogens (tertiary/aromatic N) is 1. The van der Waals surface area contributed by atoms with Crippen LogP contribution in [0.15, 0.2) is 35.3 Å². The normalized spacial score (nSPS) is 12.2. The van der Waals surface area contributed by atoms with Crippen molar-refractivity contribution in [3.63, 3.8) is 0 Å². The number of rotatable bonds is 4. The Bertz CT molecular complexity index is 291. The van der Waals surface area contributed by atoms with Crippen molar-refractivity contribution in [1.82, 2.24) is 0 Å². The first kappa shape index (κ1) is 10.9. The first-order valence-electron chi connectivity index (χ1n) is 4.52. The zero-order valence-corrected chi connectivity index (χ0v) is 8.22. The molecule has 0 unspecified atom stereocenters. The van der Waals surface area contributed by atoms with E-state index in [2.05, 4.69) is 4.99 Å². The third-order valence-corrected chi connectivity index (χ3v) is 2.01. The second-order valence-corrected chi connectivity index (χ2v) is 3.48. The van der Waals surface area contributed by atoms with Gasteiger partial charge in [0.25, 0.3) is 0 Å². The van der Waals surface area contributed by atoms with Crippen molar-refractivity contribution < 1.29 is 10.2 Å². The first-order chi connectivity index (χ1) is 6.70. The average molecular weight is 193 g/mol. The fraction of sp³-hybridized carbons (Fsp3) is 0.364. The highest BCUT2D eigenvalue weighted by Gasteiger charge is 2.19. The number of benzene rings is 1. The Morgan fingerprint density at radius 2 is 1.79 bits per heavy atom. The molecule has 3 nitrogen and oxygen atoms in total. The third kappa shape index (κ3) is 2.94. The molecule has 0 aliphatic carbocycles. The topological polar surface area (TPSA) is 52.8 Å². The van der Waals surface area contributed by atoms with E-state index in [0.29, 0.717) is 0 Å². The molecule has 0 bridgehead atoms.